The Hall–Kier alpha value is -2.58. The number of carbonyl (C=O) groups is 2. The first-order valence-electron chi connectivity index (χ1n) is 9.83. The third kappa shape index (κ3) is 4.15. The Bertz CT molecular complexity index is 1100. The van der Waals surface area contributed by atoms with Crippen LogP contribution in [0.4, 0.5) is 5.69 Å². The normalized spacial score (nSPS) is 13.1. The summed E-state index contributed by atoms with van der Waals surface area (Å²) in [7, 11) is 1.59. The van der Waals surface area contributed by atoms with Crippen molar-refractivity contribution in [2.45, 2.75) is 32.2 Å². The second-order valence-electron chi connectivity index (χ2n) is 7.05. The zero-order valence-electron chi connectivity index (χ0n) is 16.8. The molecule has 0 atom stereocenters. The number of fused-ring (bicyclic) bond motifs is 3. The van der Waals surface area contributed by atoms with Crippen LogP contribution in [-0.2, 0) is 24.2 Å². The lowest BCUT2D eigenvalue weighted by Crippen LogP contribution is -2.16. The second kappa shape index (κ2) is 9.06. The molecule has 0 unspecified atom stereocenters. The maximum absolute atomic E-state index is 12.9. The fraction of sp³-hybridized carbons (Fsp3) is 0.318. The highest BCUT2D eigenvalue weighted by atomic mass is 32.2. The van der Waals surface area contributed by atoms with Gasteiger partial charge < -0.3 is 14.6 Å². The molecule has 0 bridgehead atoms. The molecule has 6 nitrogen and oxygen atoms in total. The fourth-order valence-electron chi connectivity index (χ4n) is 3.68. The number of benzene rings is 1. The fourth-order valence-corrected chi connectivity index (χ4v) is 5.56. The first-order valence-corrected chi connectivity index (χ1v) is 11.6. The first kappa shape index (κ1) is 20.7. The van der Waals surface area contributed by atoms with Crippen molar-refractivity contribution in [2.75, 3.05) is 18.2 Å². The van der Waals surface area contributed by atoms with Crippen LogP contribution in [0.15, 0.2) is 36.9 Å². The topological polar surface area (TPSA) is 73.2 Å². The zero-order chi connectivity index (χ0) is 21.1. The summed E-state index contributed by atoms with van der Waals surface area (Å²) in [5.74, 6) is 0.900. The van der Waals surface area contributed by atoms with Crippen molar-refractivity contribution in [1.82, 2.24) is 9.55 Å². The summed E-state index contributed by atoms with van der Waals surface area (Å²) < 4.78 is 7.07. The van der Waals surface area contributed by atoms with Gasteiger partial charge in [-0.3, -0.25) is 9.59 Å². The van der Waals surface area contributed by atoms with E-state index in [1.165, 1.54) is 23.3 Å². The molecule has 30 heavy (non-hydrogen) atoms. The molecule has 1 N–H and O–H groups in total. The lowest BCUT2D eigenvalue weighted by atomic mass is 9.99. The number of aryl methyl sites for hydroxylation is 2. The lowest BCUT2D eigenvalue weighted by molar-refractivity contribution is -0.113. The average molecular weight is 442 g/mol. The minimum absolute atomic E-state index is 0.0254. The molecule has 2 aromatic heterocycles. The number of methoxy groups -OCH3 is 1. The number of ether oxygens (including phenoxy) is 1. The lowest BCUT2D eigenvalue weighted by Gasteiger charge is -2.12. The van der Waals surface area contributed by atoms with Gasteiger partial charge in [-0.25, -0.2) is 4.98 Å². The number of aromatic nitrogens is 2. The van der Waals surface area contributed by atoms with Crippen LogP contribution in [0.25, 0.3) is 10.3 Å². The molecular weight excluding hydrogens is 418 g/mol. The van der Waals surface area contributed by atoms with Crippen LogP contribution in [0.5, 0.6) is 5.75 Å². The van der Waals surface area contributed by atoms with E-state index in [9.17, 15) is 9.59 Å². The van der Waals surface area contributed by atoms with Crippen molar-refractivity contribution < 1.29 is 14.3 Å². The number of anilines is 1. The van der Waals surface area contributed by atoms with E-state index in [2.05, 4.69) is 16.9 Å². The van der Waals surface area contributed by atoms with Gasteiger partial charge in [0.05, 0.1) is 18.4 Å². The zero-order valence-corrected chi connectivity index (χ0v) is 18.4. The Labute approximate surface area is 183 Å². The van der Waals surface area contributed by atoms with Crippen LogP contribution in [0, 0.1) is 0 Å². The Morgan fingerprint density at radius 2 is 2.07 bits per heavy atom. The van der Waals surface area contributed by atoms with Crippen LogP contribution in [0.1, 0.15) is 33.9 Å². The van der Waals surface area contributed by atoms with Crippen LogP contribution in [0.2, 0.25) is 0 Å². The molecule has 0 radical (unpaired) electrons. The van der Waals surface area contributed by atoms with Crippen molar-refractivity contribution in [2.24, 2.45) is 0 Å². The number of amides is 1. The molecule has 1 aromatic carbocycles. The third-order valence-corrected chi connectivity index (χ3v) is 7.09. The third-order valence-electron chi connectivity index (χ3n) is 5.06. The van der Waals surface area contributed by atoms with Crippen molar-refractivity contribution in [3.8, 4) is 5.75 Å². The molecule has 0 aliphatic heterocycles. The molecule has 0 fully saturated rings. The smallest absolute Gasteiger partial charge is 0.255 e. The van der Waals surface area contributed by atoms with E-state index in [-0.39, 0.29) is 16.8 Å². The van der Waals surface area contributed by atoms with E-state index in [1.807, 2.05) is 4.57 Å². The van der Waals surface area contributed by atoms with Crippen molar-refractivity contribution in [3.63, 3.8) is 0 Å². The number of thiophene rings is 1. The summed E-state index contributed by atoms with van der Waals surface area (Å²) in [6.45, 7) is 4.36. The van der Waals surface area contributed by atoms with Gasteiger partial charge in [0.15, 0.2) is 5.82 Å². The number of hydrogen-bond acceptors (Lipinski definition) is 6. The molecule has 1 aliphatic carbocycles. The predicted molar refractivity (Wildman–Crippen MR) is 123 cm³/mol. The van der Waals surface area contributed by atoms with E-state index in [0.717, 1.165) is 35.0 Å². The Morgan fingerprint density at radius 1 is 1.30 bits per heavy atom. The van der Waals surface area contributed by atoms with Gasteiger partial charge in [0.1, 0.15) is 10.6 Å². The van der Waals surface area contributed by atoms with E-state index < -0.39 is 0 Å². The van der Waals surface area contributed by atoms with Gasteiger partial charge in [-0.05, 0) is 55.5 Å². The van der Waals surface area contributed by atoms with Crippen LogP contribution < -0.4 is 10.1 Å². The van der Waals surface area contributed by atoms with Gasteiger partial charge in [-0.15, -0.1) is 17.9 Å². The minimum Gasteiger partial charge on any atom is -0.497 e. The second-order valence-corrected chi connectivity index (χ2v) is 9.08. The molecule has 156 valence electrons. The first-order chi connectivity index (χ1) is 14.6. The number of imidazole rings is 1. The quantitative estimate of drug-likeness (QED) is 0.539. The van der Waals surface area contributed by atoms with Gasteiger partial charge >= 0.3 is 0 Å². The summed E-state index contributed by atoms with van der Waals surface area (Å²) in [6, 6.07) is 7.06. The number of nitrogens with one attached hydrogen (secondary N) is 1. The predicted octanol–water partition coefficient (Wildman–Crippen LogP) is 4.68. The molecule has 0 saturated heterocycles. The highest BCUT2D eigenvalue weighted by molar-refractivity contribution is 8.14. The standard InChI is InChI=1S/C22H23N3O3S2/c1-3-12-25-19-16-6-4-5-7-17(16)30-21(19)24-20(25)22(27)29-13-18(26)23-14-8-10-15(28-2)11-9-14/h3,8-11H,1,4-7,12-13H2,2H3,(H,23,26). The Morgan fingerprint density at radius 3 is 2.80 bits per heavy atom. The highest BCUT2D eigenvalue weighted by Gasteiger charge is 2.25. The van der Waals surface area contributed by atoms with Gasteiger partial charge in [-0.1, -0.05) is 17.8 Å². The number of nitrogens with zero attached hydrogens (tertiary/aromatic N) is 2. The SMILES string of the molecule is C=CCn1c(C(=O)SCC(=O)Nc2ccc(OC)cc2)nc2sc3c(c21)CCCC3. The Kier molecular flexibility index (Phi) is 6.24. The van der Waals surface area contributed by atoms with Gasteiger partial charge in [-0.2, -0.15) is 0 Å². The van der Waals surface area contributed by atoms with E-state index in [0.29, 0.717) is 23.8 Å². The van der Waals surface area contributed by atoms with Crippen molar-refractivity contribution in [3.05, 3.63) is 53.2 Å². The summed E-state index contributed by atoms with van der Waals surface area (Å²) in [6.07, 6.45) is 6.28. The van der Waals surface area contributed by atoms with E-state index in [1.54, 1.807) is 48.8 Å². The number of rotatable bonds is 7. The molecule has 1 aliphatic rings. The minimum atomic E-state index is -0.237. The molecule has 0 saturated carbocycles. The van der Waals surface area contributed by atoms with Crippen molar-refractivity contribution >= 4 is 50.2 Å². The number of carbonyl (C=O) groups excluding carboxylic acids is 2. The summed E-state index contributed by atoms with van der Waals surface area (Å²) in [5.41, 5.74) is 3.06. The number of allylic oxidation sites excluding steroid dienone is 1. The molecule has 8 heteroatoms. The summed E-state index contributed by atoms with van der Waals surface area (Å²) in [4.78, 5) is 32.1. The molecule has 0 spiro atoms. The molecule has 2 heterocycles. The molecular formula is C22H23N3O3S2. The van der Waals surface area contributed by atoms with Crippen molar-refractivity contribution in [1.29, 1.82) is 0 Å². The molecule has 3 aromatic rings. The van der Waals surface area contributed by atoms with Crippen LogP contribution >= 0.6 is 23.1 Å². The monoisotopic (exact) mass is 441 g/mol. The highest BCUT2D eigenvalue weighted by Crippen LogP contribution is 2.37. The average Bonchev–Trinajstić information content (AvgIpc) is 3.29. The molecule has 1 amide bonds. The number of hydrogen-bond donors (Lipinski definition) is 1. The number of thioether (sulfide) groups is 1. The summed E-state index contributed by atoms with van der Waals surface area (Å²) in [5, 5.41) is 2.59. The largest absolute Gasteiger partial charge is 0.497 e. The maximum Gasteiger partial charge on any atom is 0.255 e. The van der Waals surface area contributed by atoms with Gasteiger partial charge in [0.2, 0.25) is 5.91 Å². The molecule has 4 rings (SSSR count). The van der Waals surface area contributed by atoms with E-state index in [4.69, 9.17) is 4.74 Å². The van der Waals surface area contributed by atoms with Gasteiger partial charge in [0, 0.05) is 17.1 Å². The maximum atomic E-state index is 12.9. The summed E-state index contributed by atoms with van der Waals surface area (Å²) >= 11 is 2.66. The van der Waals surface area contributed by atoms with E-state index >= 15 is 0 Å². The van der Waals surface area contributed by atoms with Gasteiger partial charge in [0.25, 0.3) is 5.12 Å². The van der Waals surface area contributed by atoms with Crippen LogP contribution in [-0.4, -0.2) is 33.4 Å². The van der Waals surface area contributed by atoms with Crippen LogP contribution in [0.3, 0.4) is 0 Å². The Balaban J connectivity index is 1.47.